The molecule has 3 rings (SSSR count). The van der Waals surface area contributed by atoms with Crippen LogP contribution in [0.1, 0.15) is 35.2 Å². The highest BCUT2D eigenvalue weighted by Crippen LogP contribution is 2.28. The number of fused-ring (bicyclic) bond motifs is 1. The molecular weight excluding hydrogens is 401 g/mol. The van der Waals surface area contributed by atoms with E-state index in [4.69, 9.17) is 23.2 Å². The first-order valence-electron chi connectivity index (χ1n) is 8.69. The lowest BCUT2D eigenvalue weighted by Crippen LogP contribution is -2.55. The van der Waals surface area contributed by atoms with Gasteiger partial charge in [-0.1, -0.05) is 48.3 Å². The Morgan fingerprint density at radius 3 is 2.61 bits per heavy atom. The summed E-state index contributed by atoms with van der Waals surface area (Å²) in [6, 6.07) is 12.0. The molecule has 0 saturated heterocycles. The Balaban J connectivity index is 1.71. The molecule has 28 heavy (non-hydrogen) atoms. The van der Waals surface area contributed by atoms with E-state index in [1.165, 1.54) is 4.90 Å². The topological polar surface area (TPSA) is 78.5 Å². The number of halogens is 2. The monoisotopic (exact) mass is 419 g/mol. The number of carbonyl (C=O) groups is 3. The number of hydrogen-bond acceptors (Lipinski definition) is 3. The predicted molar refractivity (Wildman–Crippen MR) is 109 cm³/mol. The number of amides is 3. The summed E-state index contributed by atoms with van der Waals surface area (Å²) in [5.41, 5.74) is 1.72. The summed E-state index contributed by atoms with van der Waals surface area (Å²) in [7, 11) is 1.57. The maximum absolute atomic E-state index is 12.7. The first kappa shape index (κ1) is 20.2. The highest BCUT2D eigenvalue weighted by Gasteiger charge is 2.32. The molecule has 2 N–H and O–H groups in total. The van der Waals surface area contributed by atoms with Crippen LogP contribution in [0.4, 0.5) is 5.69 Å². The molecule has 6 nitrogen and oxygen atoms in total. The van der Waals surface area contributed by atoms with Gasteiger partial charge in [-0.2, -0.15) is 0 Å². The van der Waals surface area contributed by atoms with Crippen LogP contribution in [0.3, 0.4) is 0 Å². The van der Waals surface area contributed by atoms with Crippen molar-refractivity contribution in [3.05, 3.63) is 63.6 Å². The predicted octanol–water partition coefficient (Wildman–Crippen LogP) is 3.34. The summed E-state index contributed by atoms with van der Waals surface area (Å²) in [5.74, 6) is -1.36. The molecule has 0 saturated carbocycles. The molecule has 0 aromatic heterocycles. The SMILES string of the molecule is CC(CC(=O)NC1NC(=O)c2ccccc2N(C)C1=O)c1ccc(Cl)c(Cl)c1. The standard InChI is InChI=1S/C20H19Cl2N3O3/c1-11(12-7-8-14(21)15(22)10-12)9-17(26)23-18-20(28)25(2)16-6-4-3-5-13(16)19(27)24-18/h3-8,10-11,18H,9H2,1-2H3,(H,23,26)(H,24,27). The van der Waals surface area contributed by atoms with E-state index in [1.54, 1.807) is 49.5 Å². The van der Waals surface area contributed by atoms with E-state index < -0.39 is 18.0 Å². The van der Waals surface area contributed by atoms with Crippen LogP contribution in [0, 0.1) is 0 Å². The zero-order valence-corrected chi connectivity index (χ0v) is 16.8. The van der Waals surface area contributed by atoms with E-state index in [2.05, 4.69) is 10.6 Å². The quantitative estimate of drug-likeness (QED) is 0.797. The third kappa shape index (κ3) is 4.13. The van der Waals surface area contributed by atoms with E-state index in [-0.39, 0.29) is 18.2 Å². The molecule has 8 heteroatoms. The van der Waals surface area contributed by atoms with Gasteiger partial charge in [0.05, 0.1) is 21.3 Å². The second kappa shape index (κ2) is 8.20. The van der Waals surface area contributed by atoms with Crippen molar-refractivity contribution in [1.29, 1.82) is 0 Å². The molecule has 0 aliphatic carbocycles. The highest BCUT2D eigenvalue weighted by atomic mass is 35.5. The Labute approximate surface area is 172 Å². The molecule has 2 aromatic rings. The fourth-order valence-corrected chi connectivity index (χ4v) is 3.38. The Kier molecular flexibility index (Phi) is 5.91. The minimum Gasteiger partial charge on any atom is -0.328 e. The molecular formula is C20H19Cl2N3O3. The fourth-order valence-electron chi connectivity index (χ4n) is 3.07. The summed E-state index contributed by atoms with van der Waals surface area (Å²) < 4.78 is 0. The van der Waals surface area contributed by atoms with Crippen LogP contribution in [0.5, 0.6) is 0 Å². The van der Waals surface area contributed by atoms with Gasteiger partial charge in [-0.15, -0.1) is 0 Å². The molecule has 2 unspecified atom stereocenters. The zero-order valence-electron chi connectivity index (χ0n) is 15.3. The molecule has 0 bridgehead atoms. The van der Waals surface area contributed by atoms with E-state index in [1.807, 2.05) is 6.92 Å². The number of anilines is 1. The lowest BCUT2D eigenvalue weighted by Gasteiger charge is -2.22. The summed E-state index contributed by atoms with van der Waals surface area (Å²) in [4.78, 5) is 39.0. The number of carbonyl (C=O) groups excluding carboxylic acids is 3. The van der Waals surface area contributed by atoms with Crippen LogP contribution >= 0.6 is 23.2 Å². The molecule has 1 aliphatic rings. The van der Waals surface area contributed by atoms with E-state index in [0.29, 0.717) is 21.3 Å². The smallest absolute Gasteiger partial charge is 0.270 e. The minimum absolute atomic E-state index is 0.119. The average molecular weight is 420 g/mol. The first-order chi connectivity index (χ1) is 13.3. The minimum atomic E-state index is -1.14. The van der Waals surface area contributed by atoms with Gasteiger partial charge in [0.1, 0.15) is 0 Å². The Morgan fingerprint density at radius 1 is 1.18 bits per heavy atom. The van der Waals surface area contributed by atoms with Crippen molar-refractivity contribution >= 4 is 46.6 Å². The van der Waals surface area contributed by atoms with Crippen molar-refractivity contribution in [2.24, 2.45) is 0 Å². The molecule has 0 radical (unpaired) electrons. The van der Waals surface area contributed by atoms with Gasteiger partial charge in [-0.25, -0.2) is 0 Å². The normalized spacial score (nSPS) is 17.4. The fraction of sp³-hybridized carbons (Fsp3) is 0.250. The van der Waals surface area contributed by atoms with Crippen molar-refractivity contribution in [3.8, 4) is 0 Å². The Hall–Kier alpha value is -2.57. The molecule has 2 aromatic carbocycles. The summed E-state index contributed by atoms with van der Waals surface area (Å²) in [6.07, 6.45) is -1.02. The second-order valence-corrected chi connectivity index (χ2v) is 7.48. The Bertz CT molecular complexity index is 948. The van der Waals surface area contributed by atoms with Crippen molar-refractivity contribution in [2.45, 2.75) is 25.4 Å². The van der Waals surface area contributed by atoms with Gasteiger partial charge >= 0.3 is 0 Å². The van der Waals surface area contributed by atoms with Gasteiger partial charge in [0.2, 0.25) is 5.91 Å². The largest absolute Gasteiger partial charge is 0.328 e. The van der Waals surface area contributed by atoms with Crippen LogP contribution in [0.15, 0.2) is 42.5 Å². The molecule has 1 aliphatic heterocycles. The highest BCUT2D eigenvalue weighted by molar-refractivity contribution is 6.42. The number of nitrogens with zero attached hydrogens (tertiary/aromatic N) is 1. The van der Waals surface area contributed by atoms with Crippen molar-refractivity contribution in [1.82, 2.24) is 10.6 Å². The molecule has 146 valence electrons. The number of hydrogen-bond donors (Lipinski definition) is 2. The number of nitrogens with one attached hydrogen (secondary N) is 2. The van der Waals surface area contributed by atoms with Crippen LogP contribution in [0.25, 0.3) is 0 Å². The third-order valence-electron chi connectivity index (χ3n) is 4.67. The van der Waals surface area contributed by atoms with Gasteiger partial charge in [-0.3, -0.25) is 14.4 Å². The van der Waals surface area contributed by atoms with Crippen molar-refractivity contribution in [2.75, 3.05) is 11.9 Å². The second-order valence-electron chi connectivity index (χ2n) is 6.67. The van der Waals surface area contributed by atoms with Gasteiger partial charge in [0.15, 0.2) is 6.17 Å². The molecule has 3 amide bonds. The van der Waals surface area contributed by atoms with Crippen LogP contribution in [0.2, 0.25) is 10.0 Å². The number of para-hydroxylation sites is 1. The maximum atomic E-state index is 12.7. The van der Waals surface area contributed by atoms with Crippen LogP contribution in [-0.4, -0.2) is 30.9 Å². The number of rotatable bonds is 4. The summed E-state index contributed by atoms with van der Waals surface area (Å²) in [5, 5.41) is 6.04. The van der Waals surface area contributed by atoms with E-state index in [0.717, 1.165) is 5.56 Å². The molecule has 1 heterocycles. The van der Waals surface area contributed by atoms with E-state index >= 15 is 0 Å². The van der Waals surface area contributed by atoms with Gasteiger partial charge in [0.25, 0.3) is 11.8 Å². The maximum Gasteiger partial charge on any atom is 0.270 e. The Morgan fingerprint density at radius 2 is 1.89 bits per heavy atom. The van der Waals surface area contributed by atoms with E-state index in [9.17, 15) is 14.4 Å². The van der Waals surface area contributed by atoms with Gasteiger partial charge in [-0.05, 0) is 35.7 Å². The molecule has 0 fully saturated rings. The van der Waals surface area contributed by atoms with Crippen molar-refractivity contribution < 1.29 is 14.4 Å². The van der Waals surface area contributed by atoms with Crippen LogP contribution in [-0.2, 0) is 9.59 Å². The number of likely N-dealkylation sites (N-methyl/N-ethyl adjacent to an activating group) is 1. The number of benzene rings is 2. The summed E-state index contributed by atoms with van der Waals surface area (Å²) in [6.45, 7) is 1.87. The zero-order chi connectivity index (χ0) is 20.4. The lowest BCUT2D eigenvalue weighted by molar-refractivity contribution is -0.128. The summed E-state index contributed by atoms with van der Waals surface area (Å²) >= 11 is 12.0. The molecule has 0 spiro atoms. The third-order valence-corrected chi connectivity index (χ3v) is 5.41. The van der Waals surface area contributed by atoms with Crippen LogP contribution < -0.4 is 15.5 Å². The van der Waals surface area contributed by atoms with Gasteiger partial charge in [0, 0.05) is 13.5 Å². The van der Waals surface area contributed by atoms with Crippen molar-refractivity contribution in [3.63, 3.8) is 0 Å². The lowest BCUT2D eigenvalue weighted by atomic mass is 9.97. The first-order valence-corrected chi connectivity index (χ1v) is 9.45. The average Bonchev–Trinajstić information content (AvgIpc) is 2.75. The molecule has 2 atom stereocenters. The van der Waals surface area contributed by atoms with Gasteiger partial charge < -0.3 is 15.5 Å².